The number of fused-ring (bicyclic) bond motifs is 1. The van der Waals surface area contributed by atoms with Crippen LogP contribution >= 0.6 is 0 Å². The predicted octanol–water partition coefficient (Wildman–Crippen LogP) is 0.142. The molecule has 0 unspecified atom stereocenters. The molecular weight excluding hydrogens is 334 g/mol. The quantitative estimate of drug-likeness (QED) is 0.721. The van der Waals surface area contributed by atoms with E-state index in [1.54, 1.807) is 0 Å². The van der Waals surface area contributed by atoms with Crippen LogP contribution in [-0.2, 0) is 10.0 Å². The number of piperidine rings is 1. The maximum Gasteiger partial charge on any atom is 0.326 e. The molecule has 0 amide bonds. The summed E-state index contributed by atoms with van der Waals surface area (Å²) in [5.41, 5.74) is -0.980. The zero-order valence-electron chi connectivity index (χ0n) is 13.0. The number of nitrogens with zero attached hydrogens (tertiary/aromatic N) is 1. The van der Waals surface area contributed by atoms with Crippen molar-refractivity contribution in [2.75, 3.05) is 13.2 Å². The van der Waals surface area contributed by atoms with Crippen LogP contribution in [-0.4, -0.2) is 47.0 Å². The van der Waals surface area contributed by atoms with Gasteiger partial charge in [-0.05, 0) is 37.5 Å². The van der Waals surface area contributed by atoms with Gasteiger partial charge in [0.25, 0.3) is 5.56 Å². The van der Waals surface area contributed by atoms with Crippen LogP contribution in [0.3, 0.4) is 0 Å². The van der Waals surface area contributed by atoms with Gasteiger partial charge in [0.1, 0.15) is 0 Å². The third kappa shape index (κ3) is 3.02. The molecule has 2 aromatic rings. The van der Waals surface area contributed by atoms with Crippen LogP contribution in [0.5, 0.6) is 0 Å². The molecule has 1 aliphatic heterocycles. The number of hydrogen-bond donors (Lipinski definition) is 3. The molecular formula is C15H19N3O5S. The zero-order chi connectivity index (χ0) is 17.3. The van der Waals surface area contributed by atoms with Crippen LogP contribution < -0.4 is 11.2 Å². The summed E-state index contributed by atoms with van der Waals surface area (Å²) in [6.07, 6.45) is 2.79. The van der Waals surface area contributed by atoms with Gasteiger partial charge in [-0.3, -0.25) is 9.78 Å². The second-order valence-corrected chi connectivity index (χ2v) is 7.78. The normalized spacial score (nSPS) is 19.6. The number of hydrogen-bond acceptors (Lipinski definition) is 5. The molecule has 1 aromatic carbocycles. The van der Waals surface area contributed by atoms with Crippen LogP contribution in [0.1, 0.15) is 25.7 Å². The highest BCUT2D eigenvalue weighted by molar-refractivity contribution is 7.89. The third-order valence-electron chi connectivity index (χ3n) is 4.35. The number of rotatable bonds is 4. The smallest absolute Gasteiger partial charge is 0.326 e. The van der Waals surface area contributed by atoms with Crippen molar-refractivity contribution >= 4 is 20.9 Å². The van der Waals surface area contributed by atoms with Gasteiger partial charge in [0, 0.05) is 19.2 Å². The molecule has 24 heavy (non-hydrogen) atoms. The van der Waals surface area contributed by atoms with Crippen LogP contribution in [0, 0.1) is 0 Å². The lowest BCUT2D eigenvalue weighted by Gasteiger charge is -2.34. The van der Waals surface area contributed by atoms with Crippen molar-refractivity contribution < 1.29 is 13.5 Å². The Morgan fingerprint density at radius 3 is 2.75 bits per heavy atom. The molecule has 0 saturated carbocycles. The van der Waals surface area contributed by atoms with Crippen molar-refractivity contribution in [3.05, 3.63) is 39.0 Å². The topological polar surface area (TPSA) is 123 Å². The van der Waals surface area contributed by atoms with E-state index in [1.807, 2.05) is 0 Å². The van der Waals surface area contributed by atoms with E-state index in [9.17, 15) is 23.1 Å². The molecule has 1 aliphatic rings. The Hall–Kier alpha value is -1.97. The van der Waals surface area contributed by atoms with Crippen molar-refractivity contribution in [2.24, 2.45) is 0 Å². The Balaban J connectivity index is 2.07. The molecule has 2 heterocycles. The zero-order valence-corrected chi connectivity index (χ0v) is 13.8. The first-order chi connectivity index (χ1) is 11.4. The highest BCUT2D eigenvalue weighted by Crippen LogP contribution is 2.27. The van der Waals surface area contributed by atoms with Crippen molar-refractivity contribution in [2.45, 2.75) is 36.6 Å². The Morgan fingerprint density at radius 2 is 2.00 bits per heavy atom. The minimum Gasteiger partial charge on any atom is -0.396 e. The van der Waals surface area contributed by atoms with Gasteiger partial charge in [-0.25, -0.2) is 13.2 Å². The minimum absolute atomic E-state index is 0.0115. The molecule has 0 radical (unpaired) electrons. The van der Waals surface area contributed by atoms with E-state index >= 15 is 0 Å². The molecule has 3 rings (SSSR count). The van der Waals surface area contributed by atoms with Gasteiger partial charge in [-0.2, -0.15) is 4.31 Å². The Labute approximate surface area is 138 Å². The monoisotopic (exact) mass is 353 g/mol. The summed E-state index contributed by atoms with van der Waals surface area (Å²) in [4.78, 5) is 27.8. The molecule has 130 valence electrons. The second-order valence-electron chi connectivity index (χ2n) is 5.89. The molecule has 1 saturated heterocycles. The van der Waals surface area contributed by atoms with E-state index in [2.05, 4.69) is 9.97 Å². The number of aliphatic hydroxyl groups is 1. The van der Waals surface area contributed by atoms with Crippen LogP contribution in [0.15, 0.2) is 32.7 Å². The first-order valence-corrected chi connectivity index (χ1v) is 9.26. The maximum absolute atomic E-state index is 13.0. The highest BCUT2D eigenvalue weighted by Gasteiger charge is 2.33. The largest absolute Gasteiger partial charge is 0.396 e. The number of H-pyrrole nitrogens is 2. The van der Waals surface area contributed by atoms with Gasteiger partial charge < -0.3 is 10.1 Å². The minimum atomic E-state index is -3.77. The second kappa shape index (κ2) is 6.50. The lowest BCUT2D eigenvalue weighted by Crippen LogP contribution is -2.44. The fourth-order valence-corrected chi connectivity index (χ4v) is 4.92. The molecule has 0 aliphatic carbocycles. The Bertz CT molecular complexity index is 961. The SMILES string of the molecule is O=c1[nH]c(=O)c2cc(S(=O)(=O)N3CCCC[C@@H]3CCO)ccc2[nH]1. The number of nitrogens with one attached hydrogen (secondary N) is 2. The van der Waals surface area contributed by atoms with Crippen molar-refractivity contribution in [1.29, 1.82) is 0 Å². The number of sulfonamides is 1. The third-order valence-corrected chi connectivity index (χ3v) is 6.30. The molecule has 9 heteroatoms. The van der Waals surface area contributed by atoms with Crippen LogP contribution in [0.4, 0.5) is 0 Å². The van der Waals surface area contributed by atoms with Gasteiger partial charge >= 0.3 is 5.69 Å². The first-order valence-electron chi connectivity index (χ1n) is 7.82. The molecule has 1 fully saturated rings. The highest BCUT2D eigenvalue weighted by atomic mass is 32.2. The van der Waals surface area contributed by atoms with E-state index in [-0.39, 0.29) is 28.4 Å². The average molecular weight is 353 g/mol. The van der Waals surface area contributed by atoms with Crippen LogP contribution in [0.25, 0.3) is 10.9 Å². The first kappa shape index (κ1) is 16.9. The summed E-state index contributed by atoms with van der Waals surface area (Å²) in [6.45, 7) is 0.322. The number of aromatic amines is 2. The lowest BCUT2D eigenvalue weighted by molar-refractivity contribution is 0.192. The summed E-state index contributed by atoms with van der Waals surface area (Å²) in [5, 5.41) is 9.29. The number of benzene rings is 1. The standard InChI is InChI=1S/C15H19N3O5S/c19-8-6-10-3-1-2-7-18(10)24(22,23)11-4-5-13-12(9-11)14(20)17-15(21)16-13/h4-5,9-10,19H,1-3,6-8H2,(H2,16,17,20,21)/t10-/m1/s1. The van der Waals surface area contributed by atoms with Gasteiger partial charge in [-0.15, -0.1) is 0 Å². The predicted molar refractivity (Wildman–Crippen MR) is 88.4 cm³/mol. The van der Waals surface area contributed by atoms with Gasteiger partial charge in [0.05, 0.1) is 15.8 Å². The van der Waals surface area contributed by atoms with E-state index in [0.717, 1.165) is 12.8 Å². The Kier molecular flexibility index (Phi) is 4.57. The number of aliphatic hydroxyl groups excluding tert-OH is 1. The summed E-state index contributed by atoms with van der Waals surface area (Å²) in [7, 11) is -3.77. The van der Waals surface area contributed by atoms with E-state index in [4.69, 9.17) is 0 Å². The number of aromatic nitrogens is 2. The van der Waals surface area contributed by atoms with Gasteiger partial charge in [0.15, 0.2) is 0 Å². The van der Waals surface area contributed by atoms with E-state index in [0.29, 0.717) is 19.4 Å². The van der Waals surface area contributed by atoms with Crippen molar-refractivity contribution in [3.63, 3.8) is 0 Å². The molecule has 0 spiro atoms. The summed E-state index contributed by atoms with van der Waals surface area (Å²) in [6, 6.07) is 3.85. The summed E-state index contributed by atoms with van der Waals surface area (Å²) in [5.74, 6) is 0. The summed E-state index contributed by atoms with van der Waals surface area (Å²) < 4.78 is 27.3. The van der Waals surface area contributed by atoms with Crippen LogP contribution in [0.2, 0.25) is 0 Å². The average Bonchev–Trinajstić information content (AvgIpc) is 2.55. The molecule has 8 nitrogen and oxygen atoms in total. The maximum atomic E-state index is 13.0. The fourth-order valence-electron chi connectivity index (χ4n) is 3.17. The van der Waals surface area contributed by atoms with Crippen molar-refractivity contribution in [1.82, 2.24) is 14.3 Å². The fraction of sp³-hybridized carbons (Fsp3) is 0.467. The molecule has 0 bridgehead atoms. The Morgan fingerprint density at radius 1 is 1.21 bits per heavy atom. The molecule has 3 N–H and O–H groups in total. The molecule has 1 atom stereocenters. The lowest BCUT2D eigenvalue weighted by atomic mass is 10.0. The van der Waals surface area contributed by atoms with E-state index < -0.39 is 21.3 Å². The van der Waals surface area contributed by atoms with Crippen molar-refractivity contribution in [3.8, 4) is 0 Å². The van der Waals surface area contributed by atoms with Gasteiger partial charge in [0.2, 0.25) is 10.0 Å². The van der Waals surface area contributed by atoms with Gasteiger partial charge in [-0.1, -0.05) is 6.42 Å². The summed E-state index contributed by atoms with van der Waals surface area (Å²) >= 11 is 0. The molecule has 1 aromatic heterocycles. The van der Waals surface area contributed by atoms with E-state index in [1.165, 1.54) is 22.5 Å².